The molecule has 162 valence electrons. The summed E-state index contributed by atoms with van der Waals surface area (Å²) in [5.41, 5.74) is 3.59. The van der Waals surface area contributed by atoms with Gasteiger partial charge in [-0.2, -0.15) is 0 Å². The number of nitrogens with zero attached hydrogens (tertiary/aromatic N) is 3. The van der Waals surface area contributed by atoms with Gasteiger partial charge in [0.05, 0.1) is 5.56 Å². The monoisotopic (exact) mass is 428 g/mol. The normalized spacial score (nSPS) is 10.6. The van der Waals surface area contributed by atoms with Gasteiger partial charge in [0.2, 0.25) is 5.89 Å². The molecule has 0 saturated heterocycles. The van der Waals surface area contributed by atoms with Crippen molar-refractivity contribution in [1.82, 2.24) is 15.5 Å². The van der Waals surface area contributed by atoms with Crippen molar-refractivity contribution >= 4 is 11.6 Å². The van der Waals surface area contributed by atoms with Gasteiger partial charge in [-0.05, 0) is 42.0 Å². The van der Waals surface area contributed by atoms with Crippen LogP contribution in [0.4, 0.5) is 5.69 Å². The Morgan fingerprint density at radius 2 is 1.59 bits per heavy atom. The number of nitrogens with one attached hydrogen (secondary N) is 1. The molecular weight excluding hydrogens is 404 g/mol. The maximum Gasteiger partial charge on any atom is 0.258 e. The topological polar surface area (TPSA) is 80.5 Å². The number of anilines is 1. The van der Waals surface area contributed by atoms with Crippen LogP contribution in [0.15, 0.2) is 83.3 Å². The lowest BCUT2D eigenvalue weighted by atomic mass is 10.2. The number of amides is 1. The zero-order valence-corrected chi connectivity index (χ0v) is 18.0. The average Bonchev–Trinajstić information content (AvgIpc) is 3.32. The van der Waals surface area contributed by atoms with E-state index >= 15 is 0 Å². The molecule has 0 spiro atoms. The number of carbonyl (C=O) groups excluding carboxylic acids is 1. The van der Waals surface area contributed by atoms with E-state index in [0.29, 0.717) is 29.6 Å². The van der Waals surface area contributed by atoms with E-state index in [0.717, 1.165) is 16.8 Å². The number of benzene rings is 3. The molecule has 0 bridgehead atoms. The quantitative estimate of drug-likeness (QED) is 0.454. The van der Waals surface area contributed by atoms with Gasteiger partial charge in [-0.25, -0.2) is 0 Å². The minimum Gasteiger partial charge on any atom is -0.483 e. The lowest BCUT2D eigenvalue weighted by Crippen LogP contribution is -2.28. The summed E-state index contributed by atoms with van der Waals surface area (Å²) in [6.07, 6.45) is 0. The standard InChI is InChI=1S/C25H24N4O3/c1-29(2)20-14-12-18(13-15-20)16-26-23(30)17-31-22-11-7-6-10-21(22)25-28-27-24(32-25)19-8-4-3-5-9-19/h3-15H,16-17H2,1-2H3,(H,26,30). The third-order valence-electron chi connectivity index (χ3n) is 4.86. The zero-order valence-electron chi connectivity index (χ0n) is 18.0. The van der Waals surface area contributed by atoms with E-state index in [2.05, 4.69) is 15.5 Å². The lowest BCUT2D eigenvalue weighted by Gasteiger charge is -2.13. The Morgan fingerprint density at radius 3 is 2.34 bits per heavy atom. The van der Waals surface area contributed by atoms with Crippen LogP contribution in [0.1, 0.15) is 5.56 Å². The first kappa shape index (κ1) is 21.1. The van der Waals surface area contributed by atoms with Gasteiger partial charge in [-0.3, -0.25) is 4.79 Å². The second-order valence-electron chi connectivity index (χ2n) is 7.40. The van der Waals surface area contributed by atoms with Crippen LogP contribution in [0.25, 0.3) is 22.9 Å². The highest BCUT2D eigenvalue weighted by Crippen LogP contribution is 2.30. The van der Waals surface area contributed by atoms with Gasteiger partial charge in [0.15, 0.2) is 6.61 Å². The number of ether oxygens (including phenoxy) is 1. The van der Waals surface area contributed by atoms with Crippen LogP contribution < -0.4 is 15.0 Å². The van der Waals surface area contributed by atoms with Crippen molar-refractivity contribution in [2.24, 2.45) is 0 Å². The fourth-order valence-corrected chi connectivity index (χ4v) is 3.11. The van der Waals surface area contributed by atoms with Gasteiger partial charge < -0.3 is 19.4 Å². The number of hydrogen-bond donors (Lipinski definition) is 1. The van der Waals surface area contributed by atoms with E-state index in [1.54, 1.807) is 6.07 Å². The molecule has 1 N–H and O–H groups in total. The highest BCUT2D eigenvalue weighted by atomic mass is 16.5. The number of carbonyl (C=O) groups is 1. The molecule has 3 aromatic carbocycles. The Hall–Kier alpha value is -4.13. The average molecular weight is 428 g/mol. The molecule has 0 saturated carbocycles. The highest BCUT2D eigenvalue weighted by Gasteiger charge is 2.15. The molecule has 1 heterocycles. The minimum absolute atomic E-state index is 0.119. The first-order valence-corrected chi connectivity index (χ1v) is 10.2. The lowest BCUT2D eigenvalue weighted by molar-refractivity contribution is -0.123. The first-order chi connectivity index (χ1) is 15.6. The molecule has 4 rings (SSSR count). The largest absolute Gasteiger partial charge is 0.483 e. The van der Waals surface area contributed by atoms with Crippen molar-refractivity contribution < 1.29 is 13.9 Å². The van der Waals surface area contributed by atoms with E-state index in [1.165, 1.54) is 0 Å². The fraction of sp³-hybridized carbons (Fsp3) is 0.160. The summed E-state index contributed by atoms with van der Waals surface area (Å²) in [5, 5.41) is 11.1. The van der Waals surface area contributed by atoms with Gasteiger partial charge in [0, 0.05) is 31.9 Å². The molecule has 0 radical (unpaired) electrons. The van der Waals surface area contributed by atoms with E-state index in [4.69, 9.17) is 9.15 Å². The molecule has 1 amide bonds. The molecule has 0 aliphatic rings. The van der Waals surface area contributed by atoms with Crippen molar-refractivity contribution in [1.29, 1.82) is 0 Å². The Kier molecular flexibility index (Phi) is 6.46. The predicted octanol–water partition coefficient (Wildman–Crippen LogP) is 4.16. The maximum absolute atomic E-state index is 12.3. The number of rotatable bonds is 8. The molecule has 32 heavy (non-hydrogen) atoms. The molecule has 1 aromatic heterocycles. The van der Waals surface area contributed by atoms with Crippen molar-refractivity contribution in [3.63, 3.8) is 0 Å². The second kappa shape index (κ2) is 9.78. The molecule has 0 aliphatic heterocycles. The van der Waals surface area contributed by atoms with Crippen LogP contribution in [-0.4, -0.2) is 36.8 Å². The van der Waals surface area contributed by atoms with Crippen molar-refractivity contribution in [2.45, 2.75) is 6.54 Å². The maximum atomic E-state index is 12.3. The molecule has 0 atom stereocenters. The molecule has 7 heteroatoms. The summed E-state index contributed by atoms with van der Waals surface area (Å²) in [4.78, 5) is 14.3. The molecule has 7 nitrogen and oxygen atoms in total. The third-order valence-corrected chi connectivity index (χ3v) is 4.86. The van der Waals surface area contributed by atoms with Crippen molar-refractivity contribution in [2.75, 3.05) is 25.6 Å². The Bertz CT molecular complexity index is 1170. The Morgan fingerprint density at radius 1 is 0.906 bits per heavy atom. The molecule has 0 unspecified atom stereocenters. The van der Waals surface area contributed by atoms with Gasteiger partial charge in [0.1, 0.15) is 5.75 Å². The van der Waals surface area contributed by atoms with Crippen LogP contribution >= 0.6 is 0 Å². The third kappa shape index (κ3) is 5.13. The highest BCUT2D eigenvalue weighted by molar-refractivity contribution is 5.78. The summed E-state index contributed by atoms with van der Waals surface area (Å²) in [7, 11) is 3.98. The first-order valence-electron chi connectivity index (χ1n) is 10.2. The van der Waals surface area contributed by atoms with E-state index in [1.807, 2.05) is 91.8 Å². The van der Waals surface area contributed by atoms with Gasteiger partial charge in [-0.1, -0.05) is 42.5 Å². The Balaban J connectivity index is 1.37. The fourth-order valence-electron chi connectivity index (χ4n) is 3.11. The summed E-state index contributed by atoms with van der Waals surface area (Å²) >= 11 is 0. The van der Waals surface area contributed by atoms with Gasteiger partial charge >= 0.3 is 0 Å². The van der Waals surface area contributed by atoms with Crippen LogP contribution in [0.3, 0.4) is 0 Å². The van der Waals surface area contributed by atoms with Crippen LogP contribution in [0.5, 0.6) is 5.75 Å². The van der Waals surface area contributed by atoms with Gasteiger partial charge in [-0.15, -0.1) is 10.2 Å². The van der Waals surface area contributed by atoms with Crippen molar-refractivity contribution in [3.8, 4) is 28.7 Å². The van der Waals surface area contributed by atoms with E-state index in [9.17, 15) is 4.79 Å². The Labute approximate surface area is 186 Å². The van der Waals surface area contributed by atoms with Crippen molar-refractivity contribution in [3.05, 3.63) is 84.4 Å². The number of hydrogen-bond acceptors (Lipinski definition) is 6. The summed E-state index contributed by atoms with van der Waals surface area (Å²) in [6.45, 7) is 0.314. The zero-order chi connectivity index (χ0) is 22.3. The number of aromatic nitrogens is 2. The summed E-state index contributed by atoms with van der Waals surface area (Å²) in [6, 6.07) is 24.8. The predicted molar refractivity (Wildman–Crippen MR) is 123 cm³/mol. The summed E-state index contributed by atoms with van der Waals surface area (Å²) in [5.74, 6) is 1.04. The minimum atomic E-state index is -0.216. The van der Waals surface area contributed by atoms with Gasteiger partial charge in [0.25, 0.3) is 11.8 Å². The van der Waals surface area contributed by atoms with E-state index in [-0.39, 0.29) is 12.5 Å². The van der Waals surface area contributed by atoms with Crippen LogP contribution in [0.2, 0.25) is 0 Å². The molecule has 4 aromatic rings. The molecular formula is C25H24N4O3. The van der Waals surface area contributed by atoms with E-state index < -0.39 is 0 Å². The number of para-hydroxylation sites is 1. The summed E-state index contributed by atoms with van der Waals surface area (Å²) < 4.78 is 11.6. The second-order valence-corrected chi connectivity index (χ2v) is 7.40. The SMILES string of the molecule is CN(C)c1ccc(CNC(=O)COc2ccccc2-c2nnc(-c3ccccc3)o2)cc1. The smallest absolute Gasteiger partial charge is 0.258 e. The van der Waals surface area contributed by atoms with Crippen LogP contribution in [0, 0.1) is 0 Å². The molecule has 0 aliphatic carbocycles. The molecule has 0 fully saturated rings. The van der Waals surface area contributed by atoms with Crippen LogP contribution in [-0.2, 0) is 11.3 Å².